The Hall–Kier alpha value is -1.67. The Labute approximate surface area is 170 Å². The molecule has 1 saturated heterocycles. The summed E-state index contributed by atoms with van der Waals surface area (Å²) in [6.07, 6.45) is 7.69. The van der Waals surface area contributed by atoms with E-state index in [9.17, 15) is 4.79 Å². The Balaban J connectivity index is 1.63. The number of benzene rings is 1. The summed E-state index contributed by atoms with van der Waals surface area (Å²) in [5.41, 5.74) is 0.931. The number of rotatable bonds is 6. The van der Waals surface area contributed by atoms with Gasteiger partial charge in [0.2, 0.25) is 0 Å². The van der Waals surface area contributed by atoms with Crippen molar-refractivity contribution in [1.82, 2.24) is 4.98 Å². The van der Waals surface area contributed by atoms with E-state index in [1.165, 1.54) is 4.90 Å². The van der Waals surface area contributed by atoms with E-state index < -0.39 is 0 Å². The van der Waals surface area contributed by atoms with Crippen molar-refractivity contribution in [3.8, 4) is 0 Å². The lowest BCUT2D eigenvalue weighted by Crippen LogP contribution is -2.36. The van der Waals surface area contributed by atoms with Crippen LogP contribution in [0.5, 0.6) is 0 Å². The van der Waals surface area contributed by atoms with Crippen LogP contribution in [0.15, 0.2) is 46.7 Å². The van der Waals surface area contributed by atoms with E-state index in [0.29, 0.717) is 6.54 Å². The van der Waals surface area contributed by atoms with Crippen molar-refractivity contribution < 1.29 is 9.53 Å². The molecule has 0 radical (unpaired) electrons. The first-order chi connectivity index (χ1) is 13.2. The summed E-state index contributed by atoms with van der Waals surface area (Å²) < 4.78 is 6.87. The fraction of sp³-hybridized carbons (Fsp3) is 0.300. The molecular weight excluding hydrogens is 396 g/mol. The summed E-state index contributed by atoms with van der Waals surface area (Å²) in [4.78, 5) is 21.7. The van der Waals surface area contributed by atoms with Gasteiger partial charge in [0.15, 0.2) is 5.13 Å². The average molecular weight is 417 g/mol. The van der Waals surface area contributed by atoms with Crippen LogP contribution >= 0.6 is 34.4 Å². The molecule has 0 saturated carbocycles. The molecule has 2 aromatic heterocycles. The number of fused-ring (bicyclic) bond motifs is 1. The number of anilines is 1. The minimum atomic E-state index is -0.0527. The van der Waals surface area contributed by atoms with E-state index in [2.05, 4.69) is 18.4 Å². The van der Waals surface area contributed by atoms with Crippen LogP contribution in [-0.2, 0) is 9.53 Å². The predicted octanol–water partition coefficient (Wildman–Crippen LogP) is 5.31. The number of ether oxygens (including phenoxy) is 1. The Bertz CT molecular complexity index is 943. The zero-order valence-corrected chi connectivity index (χ0v) is 17.4. The van der Waals surface area contributed by atoms with Crippen LogP contribution in [0.3, 0.4) is 0 Å². The highest BCUT2D eigenvalue weighted by Gasteiger charge is 2.25. The van der Waals surface area contributed by atoms with Crippen LogP contribution in [0.2, 0.25) is 0 Å². The number of carbonyl (C=O) groups excluding carboxylic acids is 1. The summed E-state index contributed by atoms with van der Waals surface area (Å²) >= 11 is 4.89. The normalized spacial score (nSPS) is 17.1. The van der Waals surface area contributed by atoms with Crippen molar-refractivity contribution in [1.29, 1.82) is 0 Å². The van der Waals surface area contributed by atoms with Crippen molar-refractivity contribution in [2.75, 3.05) is 24.3 Å². The maximum Gasteiger partial charge on any atom is 0.252 e. The summed E-state index contributed by atoms with van der Waals surface area (Å²) in [5, 5.41) is 2.74. The van der Waals surface area contributed by atoms with Gasteiger partial charge in [-0.15, -0.1) is 23.1 Å². The SMILES string of the molecule is CSc1ccc2nc(N(CC3CCCO3)C(=O)/C=C/c3cccs3)sc2c1. The van der Waals surface area contributed by atoms with Gasteiger partial charge in [-0.2, -0.15) is 0 Å². The van der Waals surface area contributed by atoms with Crippen LogP contribution in [0.4, 0.5) is 5.13 Å². The van der Waals surface area contributed by atoms with Gasteiger partial charge in [0.25, 0.3) is 5.91 Å². The van der Waals surface area contributed by atoms with Gasteiger partial charge in [0.05, 0.1) is 22.9 Å². The zero-order chi connectivity index (χ0) is 18.6. The Kier molecular flexibility index (Phi) is 5.92. The van der Waals surface area contributed by atoms with Crippen LogP contribution in [-0.4, -0.2) is 36.4 Å². The number of hydrogen-bond donors (Lipinski definition) is 0. The third kappa shape index (κ3) is 4.43. The lowest BCUT2D eigenvalue weighted by atomic mass is 10.2. The van der Waals surface area contributed by atoms with E-state index in [4.69, 9.17) is 9.72 Å². The topological polar surface area (TPSA) is 42.4 Å². The summed E-state index contributed by atoms with van der Waals surface area (Å²) in [6.45, 7) is 1.32. The number of nitrogens with zero attached hydrogens (tertiary/aromatic N) is 2. The highest BCUT2D eigenvalue weighted by Crippen LogP contribution is 2.32. The number of hydrogen-bond acceptors (Lipinski definition) is 6. The number of thiazole rings is 1. The van der Waals surface area contributed by atoms with Crippen molar-refractivity contribution in [2.24, 2.45) is 0 Å². The number of thiophene rings is 1. The average Bonchev–Trinajstić information content (AvgIpc) is 3.45. The summed E-state index contributed by atoms with van der Waals surface area (Å²) in [6, 6.07) is 10.2. The molecule has 1 aromatic carbocycles. The van der Waals surface area contributed by atoms with Gasteiger partial charge < -0.3 is 4.74 Å². The summed E-state index contributed by atoms with van der Waals surface area (Å²) in [5.74, 6) is -0.0527. The van der Waals surface area contributed by atoms with Crippen LogP contribution in [0.25, 0.3) is 16.3 Å². The molecule has 0 spiro atoms. The molecule has 1 fully saturated rings. The van der Waals surface area contributed by atoms with Crippen LogP contribution in [0, 0.1) is 0 Å². The van der Waals surface area contributed by atoms with Gasteiger partial charge in [0, 0.05) is 22.5 Å². The first-order valence-corrected chi connectivity index (χ1v) is 11.7. The zero-order valence-electron chi connectivity index (χ0n) is 15.0. The fourth-order valence-electron chi connectivity index (χ4n) is 3.02. The standard InChI is InChI=1S/C20H20N2O2S3/c1-25-16-6-8-17-18(12-16)27-20(21-17)22(13-14-4-2-10-24-14)19(23)9-7-15-5-3-11-26-15/h3,5-9,11-12,14H,2,4,10,13H2,1H3/b9-7+. The predicted molar refractivity (Wildman–Crippen MR) is 116 cm³/mol. The fourth-order valence-corrected chi connectivity index (χ4v) is 5.17. The Morgan fingerprint density at radius 3 is 3.11 bits per heavy atom. The number of thioether (sulfide) groups is 1. The van der Waals surface area contributed by atoms with Gasteiger partial charge in [-0.3, -0.25) is 9.69 Å². The molecule has 4 rings (SSSR count). The van der Waals surface area contributed by atoms with Gasteiger partial charge in [-0.05, 0) is 54.8 Å². The maximum atomic E-state index is 13.0. The monoisotopic (exact) mass is 416 g/mol. The highest BCUT2D eigenvalue weighted by atomic mass is 32.2. The molecule has 3 aromatic rings. The number of amides is 1. The third-order valence-corrected chi connectivity index (χ3v) is 7.03. The smallest absolute Gasteiger partial charge is 0.252 e. The third-order valence-electron chi connectivity index (χ3n) is 4.42. The second-order valence-electron chi connectivity index (χ2n) is 6.26. The molecule has 1 amide bonds. The second kappa shape index (κ2) is 8.56. The molecule has 3 heterocycles. The molecule has 0 bridgehead atoms. The number of aromatic nitrogens is 1. The Morgan fingerprint density at radius 1 is 1.44 bits per heavy atom. The first kappa shape index (κ1) is 18.7. The van der Waals surface area contributed by atoms with Gasteiger partial charge in [0.1, 0.15) is 0 Å². The van der Waals surface area contributed by atoms with Crippen LogP contribution < -0.4 is 4.90 Å². The molecule has 140 valence electrons. The van der Waals surface area contributed by atoms with E-state index in [1.54, 1.807) is 45.4 Å². The van der Waals surface area contributed by atoms with Crippen molar-refractivity contribution in [2.45, 2.75) is 23.8 Å². The minimum absolute atomic E-state index is 0.0527. The maximum absolute atomic E-state index is 13.0. The van der Waals surface area contributed by atoms with Gasteiger partial charge >= 0.3 is 0 Å². The minimum Gasteiger partial charge on any atom is -0.376 e. The second-order valence-corrected chi connectivity index (χ2v) is 9.13. The lowest BCUT2D eigenvalue weighted by Gasteiger charge is -2.21. The molecular formula is C20H20N2O2S3. The van der Waals surface area contributed by atoms with Crippen molar-refractivity contribution in [3.63, 3.8) is 0 Å². The lowest BCUT2D eigenvalue weighted by molar-refractivity contribution is -0.114. The van der Waals surface area contributed by atoms with E-state index in [1.807, 2.05) is 29.7 Å². The van der Waals surface area contributed by atoms with Crippen molar-refractivity contribution in [3.05, 3.63) is 46.7 Å². The molecule has 1 aliphatic heterocycles. The quantitative estimate of drug-likeness (QED) is 0.404. The van der Waals surface area contributed by atoms with E-state index in [0.717, 1.165) is 39.7 Å². The molecule has 1 unspecified atom stereocenters. The van der Waals surface area contributed by atoms with E-state index in [-0.39, 0.29) is 12.0 Å². The molecule has 0 aliphatic carbocycles. The number of carbonyl (C=O) groups is 1. The molecule has 1 atom stereocenters. The highest BCUT2D eigenvalue weighted by molar-refractivity contribution is 7.98. The van der Waals surface area contributed by atoms with Crippen LogP contribution in [0.1, 0.15) is 17.7 Å². The van der Waals surface area contributed by atoms with Gasteiger partial charge in [-0.25, -0.2) is 4.98 Å². The molecule has 4 nitrogen and oxygen atoms in total. The largest absolute Gasteiger partial charge is 0.376 e. The first-order valence-electron chi connectivity index (χ1n) is 8.82. The van der Waals surface area contributed by atoms with E-state index >= 15 is 0 Å². The summed E-state index contributed by atoms with van der Waals surface area (Å²) in [7, 11) is 0. The molecule has 1 aliphatic rings. The van der Waals surface area contributed by atoms with Gasteiger partial charge in [-0.1, -0.05) is 17.4 Å². The molecule has 27 heavy (non-hydrogen) atoms. The van der Waals surface area contributed by atoms with Crippen molar-refractivity contribution >= 4 is 61.8 Å². The Morgan fingerprint density at radius 2 is 2.37 bits per heavy atom. The molecule has 0 N–H and O–H groups in total. The molecule has 7 heteroatoms.